The summed E-state index contributed by atoms with van der Waals surface area (Å²) in [4.78, 5) is 11.4. The molecule has 0 aliphatic carbocycles. The molecule has 1 aliphatic heterocycles. The summed E-state index contributed by atoms with van der Waals surface area (Å²) in [6.45, 7) is 7.27. The van der Waals surface area contributed by atoms with Gasteiger partial charge in [0.25, 0.3) is 0 Å². The monoisotopic (exact) mass is 420 g/mol. The first kappa shape index (κ1) is 24.5. The molecule has 30 heavy (non-hydrogen) atoms. The summed E-state index contributed by atoms with van der Waals surface area (Å²) < 4.78 is 29.2. The van der Waals surface area contributed by atoms with E-state index in [0.717, 1.165) is 12.0 Å². The summed E-state index contributed by atoms with van der Waals surface area (Å²) in [5, 5.41) is 0. The van der Waals surface area contributed by atoms with E-state index >= 15 is 0 Å². The van der Waals surface area contributed by atoms with E-state index in [0.29, 0.717) is 19.6 Å². The number of hydrogen-bond acceptors (Lipinski definition) is 6. The molecule has 1 heterocycles. The Balaban J connectivity index is 2.15. The van der Waals surface area contributed by atoms with E-state index in [1.165, 1.54) is 13.2 Å². The molecule has 168 valence electrons. The Morgan fingerprint density at radius 2 is 1.93 bits per heavy atom. The van der Waals surface area contributed by atoms with Gasteiger partial charge < -0.3 is 23.7 Å². The molecule has 0 aromatic heterocycles. The lowest BCUT2D eigenvalue weighted by molar-refractivity contribution is -0.364. The van der Waals surface area contributed by atoms with E-state index < -0.39 is 11.2 Å². The predicted molar refractivity (Wildman–Crippen MR) is 115 cm³/mol. The average Bonchev–Trinajstić information content (AvgIpc) is 2.75. The molecular formula is C24H36O6. The third-order valence-corrected chi connectivity index (χ3v) is 5.97. The van der Waals surface area contributed by atoms with E-state index in [1.807, 2.05) is 30.3 Å². The molecule has 1 aromatic rings. The summed E-state index contributed by atoms with van der Waals surface area (Å²) in [5.41, 5.74) is 0.676. The van der Waals surface area contributed by atoms with Crippen LogP contribution in [0.1, 0.15) is 39.2 Å². The molecule has 1 aliphatic rings. The second-order valence-electron chi connectivity index (χ2n) is 8.43. The summed E-state index contributed by atoms with van der Waals surface area (Å²) >= 11 is 0. The molecule has 1 aromatic carbocycles. The minimum Gasteiger partial charge on any atom is -0.466 e. The minimum atomic E-state index is -0.896. The number of hydrogen-bond donors (Lipinski definition) is 0. The second-order valence-corrected chi connectivity index (χ2v) is 8.43. The highest BCUT2D eigenvalue weighted by Gasteiger charge is 2.57. The van der Waals surface area contributed by atoms with Crippen LogP contribution in [0.4, 0.5) is 0 Å². The Labute approximate surface area is 180 Å². The topological polar surface area (TPSA) is 63.2 Å². The lowest BCUT2D eigenvalue weighted by Crippen LogP contribution is -2.63. The summed E-state index contributed by atoms with van der Waals surface area (Å²) in [6, 6.07) is 10.1. The van der Waals surface area contributed by atoms with Crippen molar-refractivity contribution in [2.75, 3.05) is 27.9 Å². The maximum absolute atomic E-state index is 11.4. The van der Waals surface area contributed by atoms with E-state index in [1.54, 1.807) is 20.3 Å². The number of carbonyl (C=O) groups is 1. The van der Waals surface area contributed by atoms with Crippen molar-refractivity contribution in [3.63, 3.8) is 0 Å². The van der Waals surface area contributed by atoms with Crippen molar-refractivity contribution in [3.05, 3.63) is 48.0 Å². The SMILES string of the molecule is COC(=O)/C=C/C[C@H]1C[C@@H](OC)[C@@H](C)[C@@](OC)(C(C)(C)COCc2ccccc2)O1. The van der Waals surface area contributed by atoms with Gasteiger partial charge in [0.1, 0.15) is 0 Å². The zero-order chi connectivity index (χ0) is 22.2. The Morgan fingerprint density at radius 3 is 2.53 bits per heavy atom. The van der Waals surface area contributed by atoms with Crippen LogP contribution < -0.4 is 0 Å². The van der Waals surface area contributed by atoms with Gasteiger partial charge >= 0.3 is 5.97 Å². The van der Waals surface area contributed by atoms with Crippen molar-refractivity contribution >= 4 is 5.97 Å². The Bertz CT molecular complexity index is 686. The van der Waals surface area contributed by atoms with Crippen molar-refractivity contribution in [3.8, 4) is 0 Å². The largest absolute Gasteiger partial charge is 0.466 e. The van der Waals surface area contributed by atoms with E-state index in [9.17, 15) is 4.79 Å². The lowest BCUT2D eigenvalue weighted by atomic mass is 9.72. The molecule has 0 N–H and O–H groups in total. The predicted octanol–water partition coefficient (Wildman–Crippen LogP) is 4.13. The number of benzene rings is 1. The first-order valence-electron chi connectivity index (χ1n) is 10.4. The second kappa shape index (κ2) is 11.0. The first-order valence-corrected chi connectivity index (χ1v) is 10.4. The van der Waals surface area contributed by atoms with E-state index in [-0.39, 0.29) is 24.1 Å². The van der Waals surface area contributed by atoms with E-state index in [2.05, 4.69) is 25.5 Å². The molecule has 0 bridgehead atoms. The van der Waals surface area contributed by atoms with Crippen LogP contribution in [0.5, 0.6) is 0 Å². The Hall–Kier alpha value is -1.73. The molecule has 1 saturated heterocycles. The van der Waals surface area contributed by atoms with Crippen molar-refractivity contribution in [2.24, 2.45) is 11.3 Å². The first-order chi connectivity index (χ1) is 14.3. The normalized spacial score (nSPS) is 27.3. The fourth-order valence-corrected chi connectivity index (χ4v) is 4.32. The van der Waals surface area contributed by atoms with Gasteiger partial charge in [-0.25, -0.2) is 4.79 Å². The van der Waals surface area contributed by atoms with Gasteiger partial charge in [0, 0.05) is 38.0 Å². The molecule has 0 amide bonds. The van der Waals surface area contributed by atoms with Gasteiger partial charge in [0.05, 0.1) is 32.5 Å². The fraction of sp³-hybridized carbons (Fsp3) is 0.625. The molecule has 6 heteroatoms. The van der Waals surface area contributed by atoms with Crippen molar-refractivity contribution in [1.29, 1.82) is 0 Å². The van der Waals surface area contributed by atoms with Gasteiger partial charge in [-0.15, -0.1) is 0 Å². The molecule has 0 unspecified atom stereocenters. The summed E-state index contributed by atoms with van der Waals surface area (Å²) in [5.74, 6) is -1.29. The van der Waals surface area contributed by atoms with Crippen molar-refractivity contribution in [1.82, 2.24) is 0 Å². The molecular weight excluding hydrogens is 384 g/mol. The summed E-state index contributed by atoms with van der Waals surface area (Å²) in [7, 11) is 4.75. The van der Waals surface area contributed by atoms with Crippen molar-refractivity contribution in [2.45, 2.75) is 58.2 Å². The fourth-order valence-electron chi connectivity index (χ4n) is 4.32. The Kier molecular flexibility index (Phi) is 9.04. The number of methoxy groups -OCH3 is 3. The quantitative estimate of drug-likeness (QED) is 0.419. The van der Waals surface area contributed by atoms with Crippen LogP contribution >= 0.6 is 0 Å². The number of ether oxygens (including phenoxy) is 5. The number of rotatable bonds is 10. The molecule has 1 fully saturated rings. The van der Waals surface area contributed by atoms with Gasteiger partial charge in [-0.2, -0.15) is 0 Å². The number of esters is 1. The molecule has 4 atom stereocenters. The maximum Gasteiger partial charge on any atom is 0.330 e. The molecule has 0 radical (unpaired) electrons. The smallest absolute Gasteiger partial charge is 0.330 e. The van der Waals surface area contributed by atoms with Gasteiger partial charge in [-0.3, -0.25) is 0 Å². The van der Waals surface area contributed by atoms with Crippen LogP contribution in [0.15, 0.2) is 42.5 Å². The standard InChI is InChI=1S/C24H36O6/c1-18-21(26-4)15-20(13-10-14-22(25)27-5)30-24(18,28-6)23(2,3)17-29-16-19-11-8-7-9-12-19/h7-12,14,18,20-21H,13,15-17H2,1-6H3/b14-10+/t18-,20+,21-,24+/m1/s1. The average molecular weight is 421 g/mol. The van der Waals surface area contributed by atoms with Crippen LogP contribution in [0, 0.1) is 11.3 Å². The molecule has 6 nitrogen and oxygen atoms in total. The highest BCUT2D eigenvalue weighted by molar-refractivity contribution is 5.81. The number of carbonyl (C=O) groups excluding carboxylic acids is 1. The molecule has 2 rings (SSSR count). The van der Waals surface area contributed by atoms with Crippen LogP contribution in [-0.4, -0.2) is 51.9 Å². The van der Waals surface area contributed by atoms with E-state index in [4.69, 9.17) is 18.9 Å². The zero-order valence-electron chi connectivity index (χ0n) is 19.1. The maximum atomic E-state index is 11.4. The lowest BCUT2D eigenvalue weighted by Gasteiger charge is -2.55. The van der Waals surface area contributed by atoms with Crippen molar-refractivity contribution < 1.29 is 28.5 Å². The minimum absolute atomic E-state index is 0.0105. The molecule has 0 saturated carbocycles. The van der Waals surface area contributed by atoms with Crippen LogP contribution in [0.25, 0.3) is 0 Å². The van der Waals surface area contributed by atoms with Gasteiger partial charge in [0.2, 0.25) is 0 Å². The summed E-state index contributed by atoms with van der Waals surface area (Å²) in [6.07, 6.45) is 4.29. The highest BCUT2D eigenvalue weighted by atomic mass is 16.7. The highest BCUT2D eigenvalue weighted by Crippen LogP contribution is 2.48. The third-order valence-electron chi connectivity index (χ3n) is 5.97. The third kappa shape index (κ3) is 5.70. The Morgan fingerprint density at radius 1 is 1.23 bits per heavy atom. The van der Waals surface area contributed by atoms with Gasteiger partial charge in [-0.1, -0.05) is 57.2 Å². The van der Waals surface area contributed by atoms with Crippen LogP contribution in [-0.2, 0) is 35.1 Å². The molecule has 0 spiro atoms. The van der Waals surface area contributed by atoms with Gasteiger partial charge in [-0.05, 0) is 12.0 Å². The van der Waals surface area contributed by atoms with Crippen LogP contribution in [0.3, 0.4) is 0 Å². The van der Waals surface area contributed by atoms with Crippen LogP contribution in [0.2, 0.25) is 0 Å². The zero-order valence-corrected chi connectivity index (χ0v) is 19.1. The van der Waals surface area contributed by atoms with Gasteiger partial charge in [0.15, 0.2) is 5.79 Å².